The number of para-hydroxylation sites is 1. The number of carbonyl (C=O) groups excluding carboxylic acids is 1. The summed E-state index contributed by atoms with van der Waals surface area (Å²) in [5, 5.41) is 1.04. The number of aromatic nitrogens is 1. The van der Waals surface area contributed by atoms with Crippen LogP contribution in [0.3, 0.4) is 0 Å². The molecule has 0 aliphatic carbocycles. The summed E-state index contributed by atoms with van der Waals surface area (Å²) in [6, 6.07) is 17.8. The number of carbonyl (C=O) groups is 1. The van der Waals surface area contributed by atoms with Gasteiger partial charge in [-0.05, 0) is 31.5 Å². The molecule has 2 heterocycles. The first kappa shape index (κ1) is 16.8. The Kier molecular flexibility index (Phi) is 4.47. The highest BCUT2D eigenvalue weighted by atomic mass is 32.1. The summed E-state index contributed by atoms with van der Waals surface area (Å²) in [5.41, 5.74) is 2.56. The Morgan fingerprint density at radius 2 is 1.88 bits per heavy atom. The van der Waals surface area contributed by atoms with Crippen LogP contribution in [0.5, 0.6) is 0 Å². The van der Waals surface area contributed by atoms with Gasteiger partial charge in [-0.25, -0.2) is 4.98 Å². The van der Waals surface area contributed by atoms with Crippen molar-refractivity contribution in [2.24, 2.45) is 0 Å². The SMILES string of the molecule is CC1=C(c2ccccc2)C(=O)N(C(C)Cc2nc3ccccc3s2)CO1. The predicted octanol–water partition coefficient (Wildman–Crippen LogP) is 4.47. The lowest BCUT2D eigenvalue weighted by atomic mass is 10.0. The summed E-state index contributed by atoms with van der Waals surface area (Å²) in [6.07, 6.45) is 0.718. The molecule has 4 rings (SSSR count). The van der Waals surface area contributed by atoms with E-state index in [-0.39, 0.29) is 18.7 Å². The van der Waals surface area contributed by atoms with Crippen LogP contribution in [0.1, 0.15) is 24.4 Å². The number of nitrogens with zero attached hydrogens (tertiary/aromatic N) is 2. The number of hydrogen-bond acceptors (Lipinski definition) is 4. The second-order valence-electron chi connectivity index (χ2n) is 6.47. The second kappa shape index (κ2) is 6.92. The maximum Gasteiger partial charge on any atom is 0.260 e. The van der Waals surface area contributed by atoms with Crippen molar-refractivity contribution in [1.82, 2.24) is 9.88 Å². The highest BCUT2D eigenvalue weighted by molar-refractivity contribution is 7.18. The molecule has 1 unspecified atom stereocenters. The minimum Gasteiger partial charge on any atom is -0.477 e. The van der Waals surface area contributed by atoms with Gasteiger partial charge in [0.1, 0.15) is 5.76 Å². The Labute approximate surface area is 156 Å². The Bertz CT molecular complexity index is 945. The third kappa shape index (κ3) is 3.10. The molecule has 1 aliphatic rings. The molecular weight excluding hydrogens is 344 g/mol. The lowest BCUT2D eigenvalue weighted by molar-refractivity contribution is -0.134. The molecule has 0 saturated carbocycles. The standard InChI is InChI=1S/C21H20N2O2S/c1-14(12-19-22-17-10-6-7-11-18(17)26-19)23-13-25-15(2)20(21(23)24)16-8-4-3-5-9-16/h3-11,14H,12-13H2,1-2H3. The highest BCUT2D eigenvalue weighted by Gasteiger charge is 2.31. The van der Waals surface area contributed by atoms with Gasteiger partial charge in [0.25, 0.3) is 5.91 Å². The zero-order chi connectivity index (χ0) is 18.1. The van der Waals surface area contributed by atoms with Gasteiger partial charge < -0.3 is 9.64 Å². The van der Waals surface area contributed by atoms with Crippen molar-refractivity contribution < 1.29 is 9.53 Å². The molecule has 5 heteroatoms. The fourth-order valence-corrected chi connectivity index (χ4v) is 4.31. The minimum atomic E-state index is 0.00914. The van der Waals surface area contributed by atoms with Crippen molar-refractivity contribution >= 4 is 33.0 Å². The van der Waals surface area contributed by atoms with E-state index in [4.69, 9.17) is 9.72 Å². The van der Waals surface area contributed by atoms with Crippen LogP contribution in [0.15, 0.2) is 60.4 Å². The quantitative estimate of drug-likeness (QED) is 0.686. The summed E-state index contributed by atoms with van der Waals surface area (Å²) in [4.78, 5) is 19.6. The largest absolute Gasteiger partial charge is 0.477 e. The molecule has 1 aromatic heterocycles. The van der Waals surface area contributed by atoms with Gasteiger partial charge in [-0.1, -0.05) is 42.5 Å². The first-order valence-electron chi connectivity index (χ1n) is 8.68. The van der Waals surface area contributed by atoms with Gasteiger partial charge in [-0.3, -0.25) is 4.79 Å². The Balaban J connectivity index is 1.56. The molecule has 132 valence electrons. The maximum atomic E-state index is 13.1. The van der Waals surface area contributed by atoms with Crippen molar-refractivity contribution in [3.8, 4) is 0 Å². The molecular formula is C21H20N2O2S. The first-order chi connectivity index (χ1) is 12.6. The van der Waals surface area contributed by atoms with Gasteiger partial charge in [0, 0.05) is 12.5 Å². The minimum absolute atomic E-state index is 0.00914. The number of allylic oxidation sites excluding steroid dienone is 1. The molecule has 1 aliphatic heterocycles. The number of hydrogen-bond donors (Lipinski definition) is 0. The summed E-state index contributed by atoms with van der Waals surface area (Å²) in [5.74, 6) is 0.707. The molecule has 0 saturated heterocycles. The third-order valence-corrected chi connectivity index (χ3v) is 5.71. The van der Waals surface area contributed by atoms with Gasteiger partial charge in [0.05, 0.1) is 20.8 Å². The average Bonchev–Trinajstić information content (AvgIpc) is 3.05. The molecule has 4 nitrogen and oxygen atoms in total. The van der Waals surface area contributed by atoms with Crippen LogP contribution in [0.25, 0.3) is 15.8 Å². The zero-order valence-electron chi connectivity index (χ0n) is 14.8. The van der Waals surface area contributed by atoms with Crippen LogP contribution < -0.4 is 0 Å². The smallest absolute Gasteiger partial charge is 0.260 e. The number of fused-ring (bicyclic) bond motifs is 1. The van der Waals surface area contributed by atoms with Crippen LogP contribution >= 0.6 is 11.3 Å². The van der Waals surface area contributed by atoms with Gasteiger partial charge in [-0.15, -0.1) is 11.3 Å². The lowest BCUT2D eigenvalue weighted by Crippen LogP contribution is -2.44. The topological polar surface area (TPSA) is 42.4 Å². The highest BCUT2D eigenvalue weighted by Crippen LogP contribution is 2.29. The van der Waals surface area contributed by atoms with Crippen LogP contribution in [0.4, 0.5) is 0 Å². The molecule has 0 spiro atoms. The van der Waals surface area contributed by atoms with E-state index >= 15 is 0 Å². The van der Waals surface area contributed by atoms with E-state index in [1.54, 1.807) is 16.2 Å². The molecule has 0 radical (unpaired) electrons. The Hall–Kier alpha value is -2.66. The van der Waals surface area contributed by atoms with Crippen molar-refractivity contribution in [1.29, 1.82) is 0 Å². The van der Waals surface area contributed by atoms with E-state index in [1.807, 2.05) is 55.5 Å². The van der Waals surface area contributed by atoms with Crippen molar-refractivity contribution in [2.45, 2.75) is 26.3 Å². The lowest BCUT2D eigenvalue weighted by Gasteiger charge is -2.34. The third-order valence-electron chi connectivity index (χ3n) is 4.65. The van der Waals surface area contributed by atoms with E-state index in [0.717, 1.165) is 22.5 Å². The van der Waals surface area contributed by atoms with E-state index < -0.39 is 0 Å². The zero-order valence-corrected chi connectivity index (χ0v) is 15.6. The number of ether oxygens (including phenoxy) is 1. The molecule has 0 fully saturated rings. The van der Waals surface area contributed by atoms with E-state index in [1.165, 1.54) is 4.70 Å². The summed E-state index contributed by atoms with van der Waals surface area (Å²) in [7, 11) is 0. The normalized spacial score (nSPS) is 16.1. The van der Waals surface area contributed by atoms with Crippen LogP contribution in [-0.2, 0) is 16.0 Å². The summed E-state index contributed by atoms with van der Waals surface area (Å²) in [6.45, 7) is 4.19. The van der Waals surface area contributed by atoms with Crippen LogP contribution in [-0.4, -0.2) is 28.6 Å². The van der Waals surface area contributed by atoms with Crippen LogP contribution in [0, 0.1) is 0 Å². The number of amides is 1. The Morgan fingerprint density at radius 3 is 2.65 bits per heavy atom. The first-order valence-corrected chi connectivity index (χ1v) is 9.49. The molecule has 3 aromatic rings. The van der Waals surface area contributed by atoms with Crippen LogP contribution in [0.2, 0.25) is 0 Å². The van der Waals surface area contributed by atoms with Gasteiger partial charge in [0.2, 0.25) is 0 Å². The van der Waals surface area contributed by atoms with Gasteiger partial charge in [-0.2, -0.15) is 0 Å². The molecule has 2 aromatic carbocycles. The van der Waals surface area contributed by atoms with Crippen molar-refractivity contribution in [3.05, 3.63) is 70.9 Å². The number of benzene rings is 2. The second-order valence-corrected chi connectivity index (χ2v) is 7.59. The van der Waals surface area contributed by atoms with Crippen molar-refractivity contribution in [2.75, 3.05) is 6.73 Å². The molecule has 1 atom stereocenters. The van der Waals surface area contributed by atoms with E-state index in [0.29, 0.717) is 11.3 Å². The number of rotatable bonds is 4. The molecule has 1 amide bonds. The number of thiazole rings is 1. The van der Waals surface area contributed by atoms with E-state index in [9.17, 15) is 4.79 Å². The fourth-order valence-electron chi connectivity index (χ4n) is 3.22. The predicted molar refractivity (Wildman–Crippen MR) is 105 cm³/mol. The molecule has 0 N–H and O–H groups in total. The fraction of sp³-hybridized carbons (Fsp3) is 0.238. The maximum absolute atomic E-state index is 13.1. The molecule has 26 heavy (non-hydrogen) atoms. The summed E-state index contributed by atoms with van der Waals surface area (Å²) >= 11 is 1.69. The van der Waals surface area contributed by atoms with Crippen molar-refractivity contribution in [3.63, 3.8) is 0 Å². The summed E-state index contributed by atoms with van der Waals surface area (Å²) < 4.78 is 6.99. The van der Waals surface area contributed by atoms with Gasteiger partial charge >= 0.3 is 0 Å². The molecule has 0 bridgehead atoms. The average molecular weight is 364 g/mol. The van der Waals surface area contributed by atoms with E-state index in [2.05, 4.69) is 13.0 Å². The monoisotopic (exact) mass is 364 g/mol. The van der Waals surface area contributed by atoms with Gasteiger partial charge in [0.15, 0.2) is 6.73 Å². The Morgan fingerprint density at radius 1 is 1.15 bits per heavy atom.